The molecule has 3 rings (SSSR count). The molecule has 1 amide bonds. The van der Waals surface area contributed by atoms with Crippen LogP contribution >= 0.6 is 0 Å². The van der Waals surface area contributed by atoms with Gasteiger partial charge in [-0.25, -0.2) is 0 Å². The summed E-state index contributed by atoms with van der Waals surface area (Å²) in [5, 5.41) is 17.2. The van der Waals surface area contributed by atoms with Crippen molar-refractivity contribution in [1.29, 1.82) is 0 Å². The van der Waals surface area contributed by atoms with Crippen LogP contribution in [0.2, 0.25) is 0 Å². The fraction of sp³-hybridized carbons (Fsp3) is 0.692. The molecule has 110 valence electrons. The van der Waals surface area contributed by atoms with Gasteiger partial charge in [0.25, 0.3) is 0 Å². The molecule has 20 heavy (non-hydrogen) atoms. The predicted octanol–water partition coefficient (Wildman–Crippen LogP) is -0.963. The summed E-state index contributed by atoms with van der Waals surface area (Å²) in [5.41, 5.74) is 6.20. The van der Waals surface area contributed by atoms with E-state index in [9.17, 15) is 9.90 Å². The number of nitrogen functional groups attached to an aromatic ring is 1. The van der Waals surface area contributed by atoms with Gasteiger partial charge in [0, 0.05) is 25.3 Å². The molecule has 3 heterocycles. The number of aliphatic hydroxyl groups excluding tert-OH is 1. The lowest BCUT2D eigenvalue weighted by Crippen LogP contribution is -2.49. The largest absolute Gasteiger partial charge is 0.396 e. The van der Waals surface area contributed by atoms with E-state index in [1.165, 1.54) is 0 Å². The van der Waals surface area contributed by atoms with Crippen LogP contribution in [0.1, 0.15) is 12.8 Å². The monoisotopic (exact) mass is 279 g/mol. The lowest BCUT2D eigenvalue weighted by atomic mass is 9.91. The molecule has 7 heteroatoms. The van der Waals surface area contributed by atoms with Crippen molar-refractivity contribution in [3.8, 4) is 0 Å². The van der Waals surface area contributed by atoms with E-state index >= 15 is 0 Å². The topological polar surface area (TPSA) is 96.4 Å². The predicted molar refractivity (Wildman–Crippen MR) is 73.7 cm³/mol. The maximum Gasteiger partial charge on any atom is 0.224 e. The number of aromatic nitrogens is 2. The summed E-state index contributed by atoms with van der Waals surface area (Å²) in [4.78, 5) is 13.9. The van der Waals surface area contributed by atoms with Gasteiger partial charge in [0.1, 0.15) is 0 Å². The number of nitrogens with one attached hydrogen (secondary N) is 1. The first-order valence-corrected chi connectivity index (χ1v) is 7.11. The van der Waals surface area contributed by atoms with Gasteiger partial charge in [-0.15, -0.1) is 0 Å². The quantitative estimate of drug-likeness (QED) is 0.659. The van der Waals surface area contributed by atoms with Gasteiger partial charge in [-0.2, -0.15) is 5.10 Å². The molecule has 2 aliphatic heterocycles. The summed E-state index contributed by atoms with van der Waals surface area (Å²) in [6.45, 7) is 2.63. The molecule has 4 N–H and O–H groups in total. The van der Waals surface area contributed by atoms with Crippen LogP contribution in [0.15, 0.2) is 12.4 Å². The Kier molecular flexibility index (Phi) is 3.62. The highest BCUT2D eigenvalue weighted by atomic mass is 16.3. The van der Waals surface area contributed by atoms with Gasteiger partial charge < -0.3 is 16.2 Å². The van der Waals surface area contributed by atoms with Crippen LogP contribution in [0.5, 0.6) is 0 Å². The first kappa shape index (κ1) is 13.4. The molecule has 2 aliphatic rings. The summed E-state index contributed by atoms with van der Waals surface area (Å²) in [6.07, 6.45) is 4.74. The zero-order chi connectivity index (χ0) is 14.1. The molecule has 2 fully saturated rings. The molecule has 3 atom stereocenters. The summed E-state index contributed by atoms with van der Waals surface area (Å²) in [7, 11) is 0. The Labute approximate surface area is 117 Å². The average Bonchev–Trinajstić information content (AvgIpc) is 2.98. The molecule has 1 aromatic heterocycles. The van der Waals surface area contributed by atoms with Crippen LogP contribution in [-0.4, -0.2) is 57.5 Å². The molecular formula is C13H21N5O2. The van der Waals surface area contributed by atoms with E-state index in [2.05, 4.69) is 15.3 Å². The van der Waals surface area contributed by atoms with E-state index in [0.717, 1.165) is 19.4 Å². The number of fused-ring (bicyclic) bond motifs is 1. The van der Waals surface area contributed by atoms with Gasteiger partial charge in [-0.1, -0.05) is 0 Å². The Morgan fingerprint density at radius 2 is 2.40 bits per heavy atom. The second-order valence-electron chi connectivity index (χ2n) is 5.71. The van der Waals surface area contributed by atoms with E-state index in [1.54, 1.807) is 17.1 Å². The summed E-state index contributed by atoms with van der Waals surface area (Å²) in [5.74, 6) is 0.255. The number of piperidine rings is 1. The number of hydrogen-bond acceptors (Lipinski definition) is 5. The minimum Gasteiger partial charge on any atom is -0.396 e. The van der Waals surface area contributed by atoms with E-state index in [-0.39, 0.29) is 17.9 Å². The smallest absolute Gasteiger partial charge is 0.224 e. The molecule has 0 saturated carbocycles. The fourth-order valence-corrected chi connectivity index (χ4v) is 3.29. The Morgan fingerprint density at radius 3 is 3.15 bits per heavy atom. The third kappa shape index (κ3) is 2.64. The number of β-amino-alcohol motifs (C(OH)–C–C–N with tert-alkyl or cyclic N) is 1. The van der Waals surface area contributed by atoms with Crippen LogP contribution in [0, 0.1) is 5.92 Å². The second kappa shape index (κ2) is 5.41. The highest BCUT2D eigenvalue weighted by Gasteiger charge is 2.40. The molecule has 0 aliphatic carbocycles. The van der Waals surface area contributed by atoms with E-state index in [0.29, 0.717) is 25.3 Å². The van der Waals surface area contributed by atoms with Crippen molar-refractivity contribution in [2.24, 2.45) is 5.92 Å². The van der Waals surface area contributed by atoms with Crippen LogP contribution in [-0.2, 0) is 11.3 Å². The third-order valence-electron chi connectivity index (χ3n) is 4.21. The molecule has 0 bridgehead atoms. The van der Waals surface area contributed by atoms with Crippen LogP contribution < -0.4 is 11.1 Å². The Hall–Kier alpha value is -1.60. The SMILES string of the molecule is Nc1cnn(CC(O)CN2CCCC3C(=O)NCC32)c1. The van der Waals surface area contributed by atoms with Gasteiger partial charge >= 0.3 is 0 Å². The average molecular weight is 279 g/mol. The van der Waals surface area contributed by atoms with Crippen molar-refractivity contribution >= 4 is 11.6 Å². The maximum atomic E-state index is 11.7. The van der Waals surface area contributed by atoms with Crippen LogP contribution in [0.25, 0.3) is 0 Å². The number of carbonyl (C=O) groups is 1. The van der Waals surface area contributed by atoms with Crippen LogP contribution in [0.4, 0.5) is 5.69 Å². The highest BCUT2D eigenvalue weighted by molar-refractivity contribution is 5.82. The third-order valence-corrected chi connectivity index (χ3v) is 4.21. The minimum absolute atomic E-state index is 0.0938. The normalized spacial score (nSPS) is 28.1. The van der Waals surface area contributed by atoms with Crippen molar-refractivity contribution < 1.29 is 9.90 Å². The molecule has 0 radical (unpaired) electrons. The van der Waals surface area contributed by atoms with Crippen molar-refractivity contribution in [3.63, 3.8) is 0 Å². The lowest BCUT2D eigenvalue weighted by molar-refractivity contribution is -0.124. The zero-order valence-electron chi connectivity index (χ0n) is 11.4. The van der Waals surface area contributed by atoms with Crippen molar-refractivity contribution in [1.82, 2.24) is 20.0 Å². The fourth-order valence-electron chi connectivity index (χ4n) is 3.29. The molecule has 0 spiro atoms. The summed E-state index contributed by atoms with van der Waals surface area (Å²) in [6, 6.07) is 0.230. The molecule has 1 aromatic rings. The number of aliphatic hydroxyl groups is 1. The number of nitrogens with two attached hydrogens (primary N) is 1. The number of likely N-dealkylation sites (tertiary alicyclic amines) is 1. The molecular weight excluding hydrogens is 258 g/mol. The number of carbonyl (C=O) groups excluding carboxylic acids is 1. The van der Waals surface area contributed by atoms with Gasteiger partial charge in [-0.05, 0) is 19.4 Å². The van der Waals surface area contributed by atoms with E-state index in [4.69, 9.17) is 5.73 Å². The van der Waals surface area contributed by atoms with Gasteiger partial charge in [-0.3, -0.25) is 14.4 Å². The van der Waals surface area contributed by atoms with E-state index < -0.39 is 6.10 Å². The summed E-state index contributed by atoms with van der Waals surface area (Å²) < 4.78 is 1.65. The van der Waals surface area contributed by atoms with Crippen molar-refractivity contribution in [2.45, 2.75) is 31.5 Å². The van der Waals surface area contributed by atoms with Crippen molar-refractivity contribution in [3.05, 3.63) is 12.4 Å². The second-order valence-corrected chi connectivity index (χ2v) is 5.71. The number of rotatable bonds is 4. The van der Waals surface area contributed by atoms with Gasteiger partial charge in [0.2, 0.25) is 5.91 Å². The standard InChI is InChI=1S/C13H21N5O2/c14-9-4-16-18(6-9)8-10(19)7-17-3-1-2-11-12(17)5-15-13(11)20/h4,6,10-12,19H,1-3,5,7-8,14H2,(H,15,20). The number of amides is 1. The summed E-state index contributed by atoms with van der Waals surface area (Å²) >= 11 is 0. The minimum atomic E-state index is -0.510. The molecule has 7 nitrogen and oxygen atoms in total. The Bertz CT molecular complexity index is 489. The zero-order valence-corrected chi connectivity index (χ0v) is 11.4. The Balaban J connectivity index is 1.58. The molecule has 3 unspecified atom stereocenters. The maximum absolute atomic E-state index is 11.7. The Morgan fingerprint density at radius 1 is 1.55 bits per heavy atom. The molecule has 0 aromatic carbocycles. The van der Waals surface area contributed by atoms with Gasteiger partial charge in [0.05, 0.1) is 30.5 Å². The first-order chi connectivity index (χ1) is 9.63. The van der Waals surface area contributed by atoms with Crippen LogP contribution in [0.3, 0.4) is 0 Å². The van der Waals surface area contributed by atoms with Gasteiger partial charge in [0.15, 0.2) is 0 Å². The number of anilines is 1. The molecule has 2 saturated heterocycles. The number of hydrogen-bond donors (Lipinski definition) is 3. The van der Waals surface area contributed by atoms with Crippen molar-refractivity contribution in [2.75, 3.05) is 25.4 Å². The highest BCUT2D eigenvalue weighted by Crippen LogP contribution is 2.27. The van der Waals surface area contributed by atoms with E-state index in [1.807, 2.05) is 0 Å². The lowest BCUT2D eigenvalue weighted by Gasteiger charge is -2.36. The first-order valence-electron chi connectivity index (χ1n) is 7.11. The number of nitrogens with zero attached hydrogens (tertiary/aromatic N) is 3.